The lowest BCUT2D eigenvalue weighted by Gasteiger charge is -2.37. The molecule has 44 heavy (non-hydrogen) atoms. The third kappa shape index (κ3) is 4.93. The smallest absolute Gasteiger partial charge is 0.254 e. The van der Waals surface area contributed by atoms with Crippen molar-refractivity contribution in [3.63, 3.8) is 0 Å². The van der Waals surface area contributed by atoms with Gasteiger partial charge in [-0.15, -0.1) is 22.7 Å². The van der Waals surface area contributed by atoms with Crippen LogP contribution in [0, 0.1) is 6.92 Å². The molecule has 2 saturated heterocycles. The Balaban J connectivity index is 0.985. The van der Waals surface area contributed by atoms with Crippen molar-refractivity contribution in [2.75, 3.05) is 7.11 Å². The fraction of sp³-hybridized carbons (Fsp3) is 0.323. The first-order chi connectivity index (χ1) is 21.4. The first kappa shape index (κ1) is 27.6. The van der Waals surface area contributed by atoms with Crippen LogP contribution in [0.5, 0.6) is 11.5 Å². The summed E-state index contributed by atoms with van der Waals surface area (Å²) in [7, 11) is 1.63. The molecule has 1 N–H and O–H groups in total. The number of aliphatic hydroxyl groups is 1. The highest BCUT2D eigenvalue weighted by Crippen LogP contribution is 2.40. The number of ether oxygens (including phenoxy) is 2. The number of imidazole rings is 1. The number of methoxy groups -OCH3 is 1. The first-order valence-corrected chi connectivity index (χ1v) is 16.9. The molecule has 13 heteroatoms. The van der Waals surface area contributed by atoms with Crippen molar-refractivity contribution in [3.8, 4) is 32.8 Å². The lowest BCUT2D eigenvalue weighted by atomic mass is 9.98. The average molecular weight is 645 g/mol. The van der Waals surface area contributed by atoms with Gasteiger partial charge in [0.15, 0.2) is 0 Å². The predicted molar refractivity (Wildman–Crippen MR) is 171 cm³/mol. The molecule has 0 aliphatic carbocycles. The largest absolute Gasteiger partial charge is 0.497 e. The van der Waals surface area contributed by atoms with E-state index in [4.69, 9.17) is 24.4 Å². The van der Waals surface area contributed by atoms with Crippen LogP contribution in [0.2, 0.25) is 0 Å². The van der Waals surface area contributed by atoms with Gasteiger partial charge < -0.3 is 19.5 Å². The van der Waals surface area contributed by atoms with Gasteiger partial charge in [-0.05, 0) is 44.7 Å². The summed E-state index contributed by atoms with van der Waals surface area (Å²) >= 11 is 4.61. The van der Waals surface area contributed by atoms with Gasteiger partial charge in [0.1, 0.15) is 38.8 Å². The Hall–Kier alpha value is -3.91. The molecule has 2 fully saturated rings. The minimum absolute atomic E-state index is 0.0551. The highest BCUT2D eigenvalue weighted by Gasteiger charge is 2.42. The van der Waals surface area contributed by atoms with Gasteiger partial charge in [-0.3, -0.25) is 4.79 Å². The highest BCUT2D eigenvalue weighted by molar-refractivity contribution is 7.22. The van der Waals surface area contributed by atoms with Gasteiger partial charge >= 0.3 is 0 Å². The first-order valence-electron chi connectivity index (χ1n) is 14.4. The van der Waals surface area contributed by atoms with E-state index in [1.165, 1.54) is 11.3 Å². The Morgan fingerprint density at radius 2 is 1.84 bits per heavy atom. The number of aryl methyl sites for hydroxylation is 1. The number of amides is 1. The molecule has 2 bridgehead atoms. The molecule has 2 aliphatic rings. The van der Waals surface area contributed by atoms with Crippen molar-refractivity contribution >= 4 is 55.1 Å². The SMILES string of the molecule is COc1cc(OCc2csc(-c3ccc(C(=O)N4[C@@H]5CC[C@H]4CC(O)C5)cc3)n2)c2sc(-c3cn4nc(C)sc4n3)nc2c1. The van der Waals surface area contributed by atoms with E-state index in [9.17, 15) is 9.90 Å². The van der Waals surface area contributed by atoms with E-state index in [1.807, 2.05) is 59.8 Å². The van der Waals surface area contributed by atoms with E-state index in [-0.39, 0.29) is 30.7 Å². The molecule has 2 aliphatic heterocycles. The second-order valence-corrected chi connectivity index (χ2v) is 14.2. The summed E-state index contributed by atoms with van der Waals surface area (Å²) in [6.45, 7) is 2.25. The number of thiazole rings is 2. The Morgan fingerprint density at radius 3 is 2.59 bits per heavy atom. The summed E-state index contributed by atoms with van der Waals surface area (Å²) in [6, 6.07) is 11.7. The van der Waals surface area contributed by atoms with Crippen molar-refractivity contribution in [2.24, 2.45) is 0 Å². The van der Waals surface area contributed by atoms with E-state index in [0.29, 0.717) is 29.9 Å². The predicted octanol–water partition coefficient (Wildman–Crippen LogP) is 6.21. The van der Waals surface area contributed by atoms with E-state index < -0.39 is 0 Å². The molecule has 6 aromatic rings. The maximum Gasteiger partial charge on any atom is 0.254 e. The zero-order valence-electron chi connectivity index (χ0n) is 24.0. The molecular formula is C31H28N6O4S3. The Morgan fingerprint density at radius 1 is 1.05 bits per heavy atom. The number of nitrogens with zero attached hydrogens (tertiary/aromatic N) is 6. The number of benzene rings is 2. The lowest BCUT2D eigenvalue weighted by molar-refractivity contribution is 0.0287. The van der Waals surface area contributed by atoms with Gasteiger partial charge in [-0.1, -0.05) is 23.5 Å². The molecule has 2 aromatic carbocycles. The fourth-order valence-electron chi connectivity index (χ4n) is 6.26. The van der Waals surface area contributed by atoms with E-state index in [1.54, 1.807) is 34.3 Å². The van der Waals surface area contributed by atoms with Crippen LogP contribution in [-0.4, -0.2) is 65.8 Å². The van der Waals surface area contributed by atoms with Crippen molar-refractivity contribution in [3.05, 3.63) is 64.2 Å². The summed E-state index contributed by atoms with van der Waals surface area (Å²) in [5.41, 5.74) is 3.99. The zero-order valence-corrected chi connectivity index (χ0v) is 26.4. The molecule has 4 aromatic heterocycles. The summed E-state index contributed by atoms with van der Waals surface area (Å²) in [5, 5.41) is 19.2. The number of rotatable bonds is 7. The quantitative estimate of drug-likeness (QED) is 0.218. The van der Waals surface area contributed by atoms with Crippen LogP contribution in [0.1, 0.15) is 46.7 Å². The molecular weight excluding hydrogens is 617 g/mol. The van der Waals surface area contributed by atoms with Gasteiger partial charge in [-0.2, -0.15) is 5.10 Å². The van der Waals surface area contributed by atoms with Gasteiger partial charge in [0.25, 0.3) is 5.91 Å². The number of carbonyl (C=O) groups is 1. The number of fused-ring (bicyclic) bond motifs is 4. The third-order valence-corrected chi connectivity index (χ3v) is 11.2. The van der Waals surface area contributed by atoms with Gasteiger partial charge in [0.05, 0.1) is 35.3 Å². The number of aliphatic hydroxyl groups excluding tert-OH is 1. The second kappa shape index (κ2) is 10.9. The number of carbonyl (C=O) groups excluding carboxylic acids is 1. The van der Waals surface area contributed by atoms with Crippen LogP contribution in [0.4, 0.5) is 0 Å². The molecule has 0 saturated carbocycles. The molecule has 0 radical (unpaired) electrons. The molecule has 8 rings (SSSR count). The average Bonchev–Trinajstić information content (AvgIpc) is 3.84. The topological polar surface area (TPSA) is 115 Å². The minimum atomic E-state index is -0.293. The van der Waals surface area contributed by atoms with E-state index in [0.717, 1.165) is 60.0 Å². The third-order valence-electron chi connectivity index (χ3n) is 8.28. The molecule has 3 atom stereocenters. The van der Waals surface area contributed by atoms with Crippen molar-refractivity contribution < 1.29 is 19.4 Å². The van der Waals surface area contributed by atoms with Crippen molar-refractivity contribution in [2.45, 2.75) is 57.4 Å². The van der Waals surface area contributed by atoms with Crippen LogP contribution in [0.25, 0.3) is 36.5 Å². The number of piperidine rings is 1. The molecule has 224 valence electrons. The second-order valence-electron chi connectivity index (χ2n) is 11.2. The maximum absolute atomic E-state index is 13.3. The van der Waals surface area contributed by atoms with Crippen molar-refractivity contribution in [1.29, 1.82) is 0 Å². The molecule has 10 nitrogen and oxygen atoms in total. The molecule has 1 amide bonds. The van der Waals surface area contributed by atoms with Gasteiger partial charge in [-0.25, -0.2) is 19.5 Å². The molecule has 1 unspecified atom stereocenters. The summed E-state index contributed by atoms with van der Waals surface area (Å²) in [4.78, 5) is 30.5. The zero-order chi connectivity index (χ0) is 29.9. The molecule has 0 spiro atoms. The monoisotopic (exact) mass is 644 g/mol. The lowest BCUT2D eigenvalue weighted by Crippen LogP contribution is -2.47. The van der Waals surface area contributed by atoms with Crippen LogP contribution in [0.15, 0.2) is 48.0 Å². The van der Waals surface area contributed by atoms with Gasteiger partial charge in [0.2, 0.25) is 4.96 Å². The Kier molecular flexibility index (Phi) is 6.85. The fourth-order valence-corrected chi connectivity index (χ4v) is 8.76. The number of hydrogen-bond acceptors (Lipinski definition) is 11. The normalized spacial score (nSPS) is 19.7. The number of aromatic nitrogens is 5. The highest BCUT2D eigenvalue weighted by atomic mass is 32.1. The van der Waals surface area contributed by atoms with Gasteiger partial charge in [0, 0.05) is 40.7 Å². The Labute approximate surface area is 264 Å². The van der Waals surface area contributed by atoms with Crippen LogP contribution < -0.4 is 9.47 Å². The van der Waals surface area contributed by atoms with E-state index >= 15 is 0 Å². The summed E-state index contributed by atoms with van der Waals surface area (Å²) in [5.74, 6) is 1.39. The van der Waals surface area contributed by atoms with Crippen LogP contribution in [-0.2, 0) is 6.61 Å². The summed E-state index contributed by atoms with van der Waals surface area (Å²) < 4.78 is 14.5. The summed E-state index contributed by atoms with van der Waals surface area (Å²) in [6.07, 6.45) is 4.91. The van der Waals surface area contributed by atoms with Crippen molar-refractivity contribution in [1.82, 2.24) is 29.5 Å². The van der Waals surface area contributed by atoms with Crippen LogP contribution >= 0.6 is 34.0 Å². The Bertz CT molecular complexity index is 1970. The standard InChI is InChI=1S/C31H28N6O4S3/c1-16-35-36-13-25(34-31(36)43-16)29-33-24-11-23(40-2)12-26(27(24)44-29)41-14-19-15-42-28(32-19)17-3-5-18(6-4-17)30(39)37-20-7-8-21(37)10-22(38)9-20/h3-6,11-13,15,20-22,38H,7-10,14H2,1-2H3/t20-,21+,22?. The van der Waals surface area contributed by atoms with Crippen LogP contribution in [0.3, 0.4) is 0 Å². The number of hydrogen-bond donors (Lipinski definition) is 1. The van der Waals surface area contributed by atoms with E-state index in [2.05, 4.69) is 5.10 Å². The molecule has 6 heterocycles. The maximum atomic E-state index is 13.3. The minimum Gasteiger partial charge on any atom is -0.497 e.